The van der Waals surface area contributed by atoms with Crippen molar-refractivity contribution >= 4 is 22.8 Å². The van der Waals surface area contributed by atoms with Crippen LogP contribution in [-0.4, -0.2) is 57.3 Å². The number of aromatic nitrogens is 2. The Labute approximate surface area is 167 Å². The van der Waals surface area contributed by atoms with Crippen LogP contribution in [-0.2, 0) is 11.3 Å². The summed E-state index contributed by atoms with van der Waals surface area (Å²) in [5.41, 5.74) is 1.71. The van der Waals surface area contributed by atoms with Crippen LogP contribution in [0.5, 0.6) is 0 Å². The highest BCUT2D eigenvalue weighted by molar-refractivity contribution is 5.91. The van der Waals surface area contributed by atoms with Gasteiger partial charge in [0.05, 0.1) is 17.3 Å². The number of benzene rings is 1. The van der Waals surface area contributed by atoms with E-state index in [-0.39, 0.29) is 23.8 Å². The Morgan fingerprint density at radius 1 is 1.03 bits per heavy atom. The second-order valence-electron chi connectivity index (χ2n) is 7.04. The Hall–Kier alpha value is -3.42. The minimum Gasteiger partial charge on any atom is -0.459 e. The summed E-state index contributed by atoms with van der Waals surface area (Å²) in [6.45, 7) is 3.84. The first-order chi connectivity index (χ1) is 14.0. The molecule has 3 aromatic rings. The lowest BCUT2D eigenvalue weighted by atomic mass is 10.2. The molecule has 0 saturated carbocycles. The lowest BCUT2D eigenvalue weighted by molar-refractivity contribution is -0.132. The number of nitrogens with zero attached hydrogens (tertiary/aromatic N) is 4. The number of para-hydroxylation sites is 2. The van der Waals surface area contributed by atoms with Crippen molar-refractivity contribution in [2.24, 2.45) is 0 Å². The molecule has 8 heteroatoms. The van der Waals surface area contributed by atoms with Crippen LogP contribution in [0.15, 0.2) is 51.9 Å². The summed E-state index contributed by atoms with van der Waals surface area (Å²) in [6, 6.07) is 10.7. The van der Waals surface area contributed by atoms with Crippen molar-refractivity contribution in [1.82, 2.24) is 19.4 Å². The van der Waals surface area contributed by atoms with Crippen LogP contribution in [0.4, 0.5) is 0 Å². The monoisotopic (exact) mass is 394 g/mol. The van der Waals surface area contributed by atoms with E-state index in [1.165, 1.54) is 6.26 Å². The van der Waals surface area contributed by atoms with Gasteiger partial charge in [0.1, 0.15) is 5.69 Å². The summed E-state index contributed by atoms with van der Waals surface area (Å²) in [4.78, 5) is 45.3. The molecule has 1 fully saturated rings. The van der Waals surface area contributed by atoms with Gasteiger partial charge in [-0.1, -0.05) is 12.1 Å². The van der Waals surface area contributed by atoms with E-state index in [1.54, 1.807) is 33.4 Å². The predicted molar refractivity (Wildman–Crippen MR) is 107 cm³/mol. The van der Waals surface area contributed by atoms with E-state index in [1.807, 2.05) is 24.3 Å². The molecule has 8 nitrogen and oxygen atoms in total. The van der Waals surface area contributed by atoms with E-state index in [4.69, 9.17) is 4.42 Å². The fourth-order valence-electron chi connectivity index (χ4n) is 3.62. The molecular formula is C21H22N4O4. The maximum absolute atomic E-state index is 12.7. The molecule has 1 aliphatic heterocycles. The van der Waals surface area contributed by atoms with Gasteiger partial charge in [-0.2, -0.15) is 0 Å². The van der Waals surface area contributed by atoms with Crippen molar-refractivity contribution in [2.75, 3.05) is 26.2 Å². The quantitative estimate of drug-likeness (QED) is 0.672. The first-order valence-electron chi connectivity index (χ1n) is 9.61. The molecule has 2 amide bonds. The van der Waals surface area contributed by atoms with Crippen LogP contribution in [0.3, 0.4) is 0 Å². The number of hydrogen-bond donors (Lipinski definition) is 0. The number of hydrogen-bond acceptors (Lipinski definition) is 5. The number of amides is 2. The van der Waals surface area contributed by atoms with Gasteiger partial charge in [0.25, 0.3) is 11.5 Å². The van der Waals surface area contributed by atoms with Crippen molar-refractivity contribution in [2.45, 2.75) is 19.9 Å². The third kappa shape index (κ3) is 3.78. The standard InChI is InChI=1S/C21H22N4O4/c1-15-20(27)25(17-6-3-2-5-16(17)22-15)9-8-19(26)23-10-12-24(13-11-23)21(28)18-7-4-14-29-18/h2-7,14H,8-13H2,1H3. The number of aryl methyl sites for hydroxylation is 2. The zero-order valence-corrected chi connectivity index (χ0v) is 16.2. The van der Waals surface area contributed by atoms with E-state index in [2.05, 4.69) is 4.98 Å². The van der Waals surface area contributed by atoms with Crippen molar-refractivity contribution in [1.29, 1.82) is 0 Å². The van der Waals surface area contributed by atoms with Crippen LogP contribution >= 0.6 is 0 Å². The van der Waals surface area contributed by atoms with Crippen LogP contribution in [0.25, 0.3) is 11.0 Å². The van der Waals surface area contributed by atoms with Crippen molar-refractivity contribution < 1.29 is 14.0 Å². The number of fused-ring (bicyclic) bond motifs is 1. The topological polar surface area (TPSA) is 88.7 Å². The highest BCUT2D eigenvalue weighted by Gasteiger charge is 2.26. The molecule has 0 bridgehead atoms. The Bertz CT molecular complexity index is 1100. The van der Waals surface area contributed by atoms with E-state index in [0.717, 1.165) is 11.0 Å². The van der Waals surface area contributed by atoms with E-state index >= 15 is 0 Å². The minimum absolute atomic E-state index is 0.0273. The minimum atomic E-state index is -0.176. The van der Waals surface area contributed by atoms with Crippen LogP contribution in [0, 0.1) is 6.92 Å². The SMILES string of the molecule is Cc1nc2ccccc2n(CCC(=O)N2CCN(C(=O)c3ccco3)CC2)c1=O. The largest absolute Gasteiger partial charge is 0.459 e. The molecule has 0 spiro atoms. The van der Waals surface area contributed by atoms with Gasteiger partial charge in [-0.05, 0) is 31.2 Å². The molecule has 1 aliphatic rings. The molecular weight excluding hydrogens is 372 g/mol. The number of carbonyl (C=O) groups is 2. The lowest BCUT2D eigenvalue weighted by Gasteiger charge is -2.34. The average Bonchev–Trinajstić information content (AvgIpc) is 3.28. The predicted octanol–water partition coefficient (Wildman–Crippen LogP) is 1.67. The highest BCUT2D eigenvalue weighted by Crippen LogP contribution is 2.13. The molecule has 0 radical (unpaired) electrons. The molecule has 0 unspecified atom stereocenters. The number of piperazine rings is 1. The number of furan rings is 1. The fraction of sp³-hybridized carbons (Fsp3) is 0.333. The van der Waals surface area contributed by atoms with Crippen LogP contribution in [0.1, 0.15) is 22.7 Å². The Kier molecular flexibility index (Phi) is 5.16. The summed E-state index contributed by atoms with van der Waals surface area (Å²) in [5.74, 6) is 0.122. The molecule has 29 heavy (non-hydrogen) atoms. The maximum Gasteiger partial charge on any atom is 0.289 e. The second kappa shape index (κ2) is 7.90. The van der Waals surface area contributed by atoms with Gasteiger partial charge in [0.2, 0.25) is 5.91 Å². The van der Waals surface area contributed by atoms with Gasteiger partial charge in [-0.3, -0.25) is 14.4 Å². The third-order valence-electron chi connectivity index (χ3n) is 5.22. The lowest BCUT2D eigenvalue weighted by Crippen LogP contribution is -2.50. The van der Waals surface area contributed by atoms with Gasteiger partial charge in [0.15, 0.2) is 5.76 Å². The Morgan fingerprint density at radius 3 is 2.48 bits per heavy atom. The van der Waals surface area contributed by atoms with Gasteiger partial charge in [0, 0.05) is 39.1 Å². The average molecular weight is 394 g/mol. The van der Waals surface area contributed by atoms with Gasteiger partial charge in [-0.25, -0.2) is 4.98 Å². The molecule has 0 atom stereocenters. The Morgan fingerprint density at radius 2 is 1.76 bits per heavy atom. The molecule has 2 aromatic heterocycles. The van der Waals surface area contributed by atoms with Crippen molar-refractivity contribution in [3.05, 3.63) is 64.5 Å². The zero-order chi connectivity index (χ0) is 20.4. The maximum atomic E-state index is 12.7. The van der Waals surface area contributed by atoms with Crippen molar-refractivity contribution in [3.8, 4) is 0 Å². The normalized spacial score (nSPS) is 14.4. The van der Waals surface area contributed by atoms with Crippen LogP contribution < -0.4 is 5.56 Å². The first kappa shape index (κ1) is 18.9. The number of rotatable bonds is 4. The fourth-order valence-corrected chi connectivity index (χ4v) is 3.62. The molecule has 1 saturated heterocycles. The zero-order valence-electron chi connectivity index (χ0n) is 16.2. The third-order valence-corrected chi connectivity index (χ3v) is 5.22. The van der Waals surface area contributed by atoms with E-state index in [0.29, 0.717) is 44.2 Å². The summed E-state index contributed by atoms with van der Waals surface area (Å²) >= 11 is 0. The first-order valence-corrected chi connectivity index (χ1v) is 9.61. The summed E-state index contributed by atoms with van der Waals surface area (Å²) in [7, 11) is 0. The summed E-state index contributed by atoms with van der Waals surface area (Å²) < 4.78 is 6.77. The molecule has 3 heterocycles. The van der Waals surface area contributed by atoms with Gasteiger partial charge in [-0.15, -0.1) is 0 Å². The molecule has 1 aromatic carbocycles. The Balaban J connectivity index is 1.39. The molecule has 0 aliphatic carbocycles. The summed E-state index contributed by atoms with van der Waals surface area (Å²) in [6.07, 6.45) is 1.69. The summed E-state index contributed by atoms with van der Waals surface area (Å²) in [5, 5.41) is 0. The van der Waals surface area contributed by atoms with Gasteiger partial charge < -0.3 is 18.8 Å². The van der Waals surface area contributed by atoms with Gasteiger partial charge >= 0.3 is 0 Å². The van der Waals surface area contributed by atoms with E-state index in [9.17, 15) is 14.4 Å². The highest BCUT2D eigenvalue weighted by atomic mass is 16.3. The smallest absolute Gasteiger partial charge is 0.289 e. The van der Waals surface area contributed by atoms with Crippen LogP contribution in [0.2, 0.25) is 0 Å². The van der Waals surface area contributed by atoms with E-state index < -0.39 is 0 Å². The molecule has 0 N–H and O–H groups in total. The molecule has 150 valence electrons. The second-order valence-corrected chi connectivity index (χ2v) is 7.04. The number of carbonyl (C=O) groups excluding carboxylic acids is 2. The van der Waals surface area contributed by atoms with Crippen molar-refractivity contribution in [3.63, 3.8) is 0 Å². The molecule has 4 rings (SSSR count).